The van der Waals surface area contributed by atoms with E-state index in [1.165, 1.54) is 0 Å². The van der Waals surface area contributed by atoms with Crippen LogP contribution >= 0.6 is 0 Å². The maximum Gasteiger partial charge on any atom is 0.155 e. The van der Waals surface area contributed by atoms with Crippen molar-refractivity contribution in [2.24, 2.45) is 0 Å². The number of anilines is 1. The lowest BCUT2D eigenvalue weighted by molar-refractivity contribution is 0.112. The molecule has 2 rings (SSSR count). The Kier molecular flexibility index (Phi) is 4.00. The molecule has 2 aromatic rings. The first-order chi connectivity index (χ1) is 9.19. The summed E-state index contributed by atoms with van der Waals surface area (Å²) in [6, 6.07) is 9.89. The molecule has 4 heteroatoms. The molecule has 0 saturated heterocycles. The van der Waals surface area contributed by atoms with Crippen molar-refractivity contribution in [3.8, 4) is 5.69 Å². The largest absolute Gasteiger partial charge is 0.359 e. The van der Waals surface area contributed by atoms with Crippen LogP contribution in [0.5, 0.6) is 0 Å². The lowest BCUT2D eigenvalue weighted by Gasteiger charge is -2.20. The van der Waals surface area contributed by atoms with Gasteiger partial charge in [0, 0.05) is 13.6 Å². The van der Waals surface area contributed by atoms with Crippen molar-refractivity contribution < 1.29 is 4.79 Å². The van der Waals surface area contributed by atoms with Gasteiger partial charge in [0.15, 0.2) is 6.29 Å². The summed E-state index contributed by atoms with van der Waals surface area (Å²) in [5.41, 5.74) is 2.40. The van der Waals surface area contributed by atoms with Crippen LogP contribution in [0.15, 0.2) is 30.3 Å². The maximum absolute atomic E-state index is 11.3. The molecular formula is C15H19N3O. The van der Waals surface area contributed by atoms with E-state index in [-0.39, 0.29) is 0 Å². The molecule has 0 unspecified atom stereocenters. The topological polar surface area (TPSA) is 38.1 Å². The van der Waals surface area contributed by atoms with Crippen LogP contribution in [0, 0.1) is 6.92 Å². The summed E-state index contributed by atoms with van der Waals surface area (Å²) in [5.74, 6) is 0.862. The number of aldehydes is 1. The highest BCUT2D eigenvalue weighted by atomic mass is 16.1. The minimum Gasteiger partial charge on any atom is -0.359 e. The van der Waals surface area contributed by atoms with Crippen LogP contribution in [-0.2, 0) is 0 Å². The first-order valence-electron chi connectivity index (χ1n) is 6.50. The van der Waals surface area contributed by atoms with E-state index in [1.54, 1.807) is 0 Å². The highest BCUT2D eigenvalue weighted by Crippen LogP contribution is 2.25. The van der Waals surface area contributed by atoms with Crippen LogP contribution in [0.1, 0.15) is 29.4 Å². The lowest BCUT2D eigenvalue weighted by atomic mass is 10.2. The fraction of sp³-hybridized carbons (Fsp3) is 0.333. The zero-order chi connectivity index (χ0) is 13.8. The maximum atomic E-state index is 11.3. The molecule has 1 heterocycles. The van der Waals surface area contributed by atoms with Gasteiger partial charge in [-0.15, -0.1) is 0 Å². The van der Waals surface area contributed by atoms with E-state index in [0.717, 1.165) is 36.5 Å². The average molecular weight is 257 g/mol. The lowest BCUT2D eigenvalue weighted by Crippen LogP contribution is -2.22. The molecule has 0 radical (unpaired) electrons. The predicted molar refractivity (Wildman–Crippen MR) is 77.2 cm³/mol. The van der Waals surface area contributed by atoms with Gasteiger partial charge in [-0.2, -0.15) is 5.10 Å². The second kappa shape index (κ2) is 5.69. The van der Waals surface area contributed by atoms with Crippen molar-refractivity contribution >= 4 is 12.1 Å². The number of benzene rings is 1. The number of carbonyl (C=O) groups excluding carboxylic acids is 1. The number of hydrogen-bond acceptors (Lipinski definition) is 3. The molecule has 1 aromatic carbocycles. The predicted octanol–water partition coefficient (Wildman–Crippen LogP) is 2.84. The van der Waals surface area contributed by atoms with Gasteiger partial charge in [-0.25, -0.2) is 4.68 Å². The van der Waals surface area contributed by atoms with Gasteiger partial charge in [0.1, 0.15) is 5.82 Å². The third kappa shape index (κ3) is 2.52. The molecule has 0 aliphatic heterocycles. The molecule has 0 aliphatic carbocycles. The Morgan fingerprint density at radius 1 is 1.32 bits per heavy atom. The fourth-order valence-electron chi connectivity index (χ4n) is 2.22. The summed E-state index contributed by atoms with van der Waals surface area (Å²) < 4.78 is 1.84. The summed E-state index contributed by atoms with van der Waals surface area (Å²) >= 11 is 0. The van der Waals surface area contributed by atoms with Crippen LogP contribution in [-0.4, -0.2) is 29.7 Å². The molecule has 0 aliphatic rings. The molecule has 0 bridgehead atoms. The first-order valence-corrected chi connectivity index (χ1v) is 6.50. The number of aryl methyl sites for hydroxylation is 1. The third-order valence-corrected chi connectivity index (χ3v) is 3.12. The van der Waals surface area contributed by atoms with Crippen molar-refractivity contribution in [2.45, 2.75) is 20.3 Å². The van der Waals surface area contributed by atoms with Gasteiger partial charge < -0.3 is 4.90 Å². The number of aromatic nitrogens is 2. The molecule has 100 valence electrons. The standard InChI is InChI=1S/C15H19N3O/c1-4-10-17(3)15-14(11-19)12(2)16-18(15)13-8-6-5-7-9-13/h5-9,11H,4,10H2,1-3H3. The van der Waals surface area contributed by atoms with Gasteiger partial charge in [-0.1, -0.05) is 25.1 Å². The number of para-hydroxylation sites is 1. The summed E-state index contributed by atoms with van der Waals surface area (Å²) in [7, 11) is 1.99. The quantitative estimate of drug-likeness (QED) is 0.773. The van der Waals surface area contributed by atoms with Gasteiger partial charge in [0.2, 0.25) is 0 Å². The van der Waals surface area contributed by atoms with Crippen molar-refractivity contribution in [1.29, 1.82) is 0 Å². The van der Waals surface area contributed by atoms with Gasteiger partial charge in [-0.05, 0) is 25.5 Å². The van der Waals surface area contributed by atoms with Crippen LogP contribution in [0.4, 0.5) is 5.82 Å². The van der Waals surface area contributed by atoms with E-state index in [9.17, 15) is 4.79 Å². The van der Waals surface area contributed by atoms with Crippen LogP contribution in [0.2, 0.25) is 0 Å². The summed E-state index contributed by atoms with van der Waals surface area (Å²) in [6.07, 6.45) is 1.91. The molecule has 19 heavy (non-hydrogen) atoms. The Morgan fingerprint density at radius 2 is 2.00 bits per heavy atom. The molecular weight excluding hydrogens is 238 g/mol. The van der Waals surface area contributed by atoms with E-state index < -0.39 is 0 Å². The zero-order valence-electron chi connectivity index (χ0n) is 11.6. The van der Waals surface area contributed by atoms with Crippen LogP contribution in [0.25, 0.3) is 5.69 Å². The minimum absolute atomic E-state index is 0.666. The molecule has 0 fully saturated rings. The fourth-order valence-corrected chi connectivity index (χ4v) is 2.22. The highest BCUT2D eigenvalue weighted by Gasteiger charge is 2.18. The van der Waals surface area contributed by atoms with Gasteiger partial charge in [-0.3, -0.25) is 4.79 Å². The Bertz CT molecular complexity index is 560. The average Bonchev–Trinajstić information content (AvgIpc) is 2.77. The highest BCUT2D eigenvalue weighted by molar-refractivity contribution is 5.85. The molecule has 0 saturated carbocycles. The van der Waals surface area contributed by atoms with E-state index in [0.29, 0.717) is 5.56 Å². The number of rotatable bonds is 5. The first kappa shape index (κ1) is 13.3. The molecule has 0 N–H and O–H groups in total. The molecule has 0 amide bonds. The van der Waals surface area contributed by atoms with Crippen LogP contribution in [0.3, 0.4) is 0 Å². The van der Waals surface area contributed by atoms with E-state index in [2.05, 4.69) is 16.9 Å². The molecule has 4 nitrogen and oxygen atoms in total. The Balaban J connectivity index is 2.58. The normalized spacial score (nSPS) is 10.5. The van der Waals surface area contributed by atoms with Gasteiger partial charge >= 0.3 is 0 Å². The summed E-state index contributed by atoms with van der Waals surface area (Å²) in [4.78, 5) is 13.4. The number of nitrogens with zero attached hydrogens (tertiary/aromatic N) is 3. The monoisotopic (exact) mass is 257 g/mol. The third-order valence-electron chi connectivity index (χ3n) is 3.12. The van der Waals surface area contributed by atoms with Crippen LogP contribution < -0.4 is 4.90 Å². The minimum atomic E-state index is 0.666. The Hall–Kier alpha value is -2.10. The van der Waals surface area contributed by atoms with Gasteiger partial charge in [0.05, 0.1) is 16.9 Å². The SMILES string of the molecule is CCCN(C)c1c(C=O)c(C)nn1-c1ccccc1. The number of hydrogen-bond donors (Lipinski definition) is 0. The molecule has 0 spiro atoms. The molecule has 1 aromatic heterocycles. The molecule has 0 atom stereocenters. The van der Waals surface area contributed by atoms with Crippen molar-refractivity contribution in [2.75, 3.05) is 18.5 Å². The van der Waals surface area contributed by atoms with E-state index in [1.807, 2.05) is 49.0 Å². The second-order valence-corrected chi connectivity index (χ2v) is 4.61. The Morgan fingerprint density at radius 3 is 2.58 bits per heavy atom. The smallest absolute Gasteiger partial charge is 0.155 e. The van der Waals surface area contributed by atoms with E-state index >= 15 is 0 Å². The van der Waals surface area contributed by atoms with Gasteiger partial charge in [0.25, 0.3) is 0 Å². The van der Waals surface area contributed by atoms with Crippen molar-refractivity contribution in [3.63, 3.8) is 0 Å². The van der Waals surface area contributed by atoms with E-state index in [4.69, 9.17) is 0 Å². The summed E-state index contributed by atoms with van der Waals surface area (Å²) in [5, 5.41) is 4.50. The van der Waals surface area contributed by atoms with Crippen molar-refractivity contribution in [1.82, 2.24) is 9.78 Å². The second-order valence-electron chi connectivity index (χ2n) is 4.61. The summed E-state index contributed by atoms with van der Waals surface area (Å²) in [6.45, 7) is 4.87. The number of carbonyl (C=O) groups is 1. The Labute approximate surface area is 113 Å². The zero-order valence-corrected chi connectivity index (χ0v) is 11.6. The van der Waals surface area contributed by atoms with Crippen molar-refractivity contribution in [3.05, 3.63) is 41.6 Å².